The normalized spacial score (nSPS) is 12.5. The van der Waals surface area contributed by atoms with Crippen LogP contribution < -0.4 is 0 Å². The van der Waals surface area contributed by atoms with Crippen LogP contribution in [-0.2, 0) is 16.0 Å². The molecule has 0 amide bonds. The average molecular weight is 222 g/mol. The monoisotopic (exact) mass is 222 g/mol. The van der Waals surface area contributed by atoms with Gasteiger partial charge in [0.2, 0.25) is 0 Å². The van der Waals surface area contributed by atoms with Crippen molar-refractivity contribution >= 4 is 5.97 Å². The third-order valence-corrected chi connectivity index (χ3v) is 2.92. The number of rotatable bonds is 4. The molecule has 88 valence electrons. The van der Waals surface area contributed by atoms with E-state index in [2.05, 4.69) is 13.0 Å². The van der Waals surface area contributed by atoms with Gasteiger partial charge in [-0.25, -0.2) is 4.79 Å². The zero-order valence-electron chi connectivity index (χ0n) is 10.2. The molecule has 3 heteroatoms. The summed E-state index contributed by atoms with van der Waals surface area (Å²) >= 11 is 0. The van der Waals surface area contributed by atoms with Gasteiger partial charge in [0.05, 0.1) is 0 Å². The molecule has 1 rings (SSSR count). The van der Waals surface area contributed by atoms with Crippen LogP contribution in [0.25, 0.3) is 0 Å². The molecular formula is C13H18O3. The Hall–Kier alpha value is -1.35. The van der Waals surface area contributed by atoms with Crippen LogP contribution in [0.3, 0.4) is 0 Å². The fraction of sp³-hybridized carbons (Fsp3) is 0.462. The van der Waals surface area contributed by atoms with E-state index in [0.717, 1.165) is 11.1 Å². The summed E-state index contributed by atoms with van der Waals surface area (Å²) in [6, 6.07) is 4.12. The molecule has 0 bridgehead atoms. The Morgan fingerprint density at radius 1 is 1.25 bits per heavy atom. The summed E-state index contributed by atoms with van der Waals surface area (Å²) in [6.07, 6.45) is -0.348. The Morgan fingerprint density at radius 2 is 1.81 bits per heavy atom. The van der Waals surface area contributed by atoms with Gasteiger partial charge < -0.3 is 9.84 Å². The number of methoxy groups -OCH3 is 1. The predicted octanol–water partition coefficient (Wildman–Crippen LogP) is 2.25. The van der Waals surface area contributed by atoms with Crippen LogP contribution in [-0.4, -0.2) is 24.3 Å². The highest BCUT2D eigenvalue weighted by Gasteiger charge is 2.18. The fourth-order valence-corrected chi connectivity index (χ4v) is 1.71. The van der Waals surface area contributed by atoms with Crippen LogP contribution >= 0.6 is 0 Å². The molecule has 1 aromatic rings. The van der Waals surface area contributed by atoms with E-state index in [4.69, 9.17) is 9.84 Å². The molecule has 0 saturated heterocycles. The first-order chi connectivity index (χ1) is 7.45. The van der Waals surface area contributed by atoms with Crippen molar-refractivity contribution < 1.29 is 14.6 Å². The number of hydrogen-bond acceptors (Lipinski definition) is 2. The largest absolute Gasteiger partial charge is 0.479 e. The lowest BCUT2D eigenvalue weighted by Gasteiger charge is -2.14. The van der Waals surface area contributed by atoms with E-state index >= 15 is 0 Å². The zero-order valence-corrected chi connectivity index (χ0v) is 10.2. The SMILES string of the molecule is COC(Cc1cc(C)c(C)cc1C)C(=O)O. The number of carboxylic acid groups (broad SMARTS) is 1. The minimum Gasteiger partial charge on any atom is -0.479 e. The topological polar surface area (TPSA) is 46.5 Å². The molecule has 1 atom stereocenters. The van der Waals surface area contributed by atoms with Gasteiger partial charge in [0.1, 0.15) is 0 Å². The minimum atomic E-state index is -0.917. The van der Waals surface area contributed by atoms with Gasteiger partial charge in [0, 0.05) is 13.5 Å². The standard InChI is InChI=1S/C13H18O3/c1-8-5-10(3)11(6-9(8)2)7-12(16-4)13(14)15/h5-6,12H,7H2,1-4H3,(H,14,15). The Morgan fingerprint density at radius 3 is 2.31 bits per heavy atom. The molecule has 0 saturated carbocycles. The first-order valence-electron chi connectivity index (χ1n) is 5.28. The van der Waals surface area contributed by atoms with Gasteiger partial charge in [-0.05, 0) is 43.0 Å². The van der Waals surface area contributed by atoms with Crippen molar-refractivity contribution in [3.63, 3.8) is 0 Å². The van der Waals surface area contributed by atoms with Gasteiger partial charge >= 0.3 is 5.97 Å². The summed E-state index contributed by atoms with van der Waals surface area (Å²) in [5.74, 6) is -0.917. The Kier molecular flexibility index (Phi) is 4.07. The molecular weight excluding hydrogens is 204 g/mol. The molecule has 0 aromatic heterocycles. The molecule has 1 aromatic carbocycles. The Labute approximate surface area is 96.1 Å². The van der Waals surface area contributed by atoms with Gasteiger partial charge in [-0.1, -0.05) is 12.1 Å². The first kappa shape index (κ1) is 12.7. The van der Waals surface area contributed by atoms with Gasteiger partial charge in [-0.15, -0.1) is 0 Å². The molecule has 0 aliphatic carbocycles. The van der Waals surface area contributed by atoms with Crippen LogP contribution in [0.5, 0.6) is 0 Å². The molecule has 1 unspecified atom stereocenters. The highest BCUT2D eigenvalue weighted by molar-refractivity contribution is 5.72. The number of carbonyl (C=O) groups is 1. The number of ether oxygens (including phenoxy) is 1. The summed E-state index contributed by atoms with van der Waals surface area (Å²) < 4.78 is 4.94. The number of aryl methyl sites for hydroxylation is 3. The second kappa shape index (κ2) is 5.12. The lowest BCUT2D eigenvalue weighted by atomic mass is 9.97. The molecule has 0 radical (unpaired) electrons. The Balaban J connectivity index is 2.96. The van der Waals surface area contributed by atoms with Crippen molar-refractivity contribution in [2.75, 3.05) is 7.11 Å². The van der Waals surface area contributed by atoms with Crippen molar-refractivity contribution in [1.29, 1.82) is 0 Å². The van der Waals surface area contributed by atoms with Crippen LogP contribution in [0.4, 0.5) is 0 Å². The lowest BCUT2D eigenvalue weighted by molar-refractivity contribution is -0.148. The molecule has 0 fully saturated rings. The van der Waals surface area contributed by atoms with Gasteiger partial charge in [0.25, 0.3) is 0 Å². The second-order valence-corrected chi connectivity index (χ2v) is 4.13. The summed E-state index contributed by atoms with van der Waals surface area (Å²) in [7, 11) is 1.43. The van der Waals surface area contributed by atoms with Crippen molar-refractivity contribution in [3.05, 3.63) is 34.4 Å². The Bertz CT molecular complexity index is 396. The number of hydrogen-bond donors (Lipinski definition) is 1. The molecule has 0 spiro atoms. The lowest BCUT2D eigenvalue weighted by Crippen LogP contribution is -2.25. The van der Waals surface area contributed by atoms with Gasteiger partial charge in [0.15, 0.2) is 6.10 Å². The van der Waals surface area contributed by atoms with Crippen molar-refractivity contribution in [1.82, 2.24) is 0 Å². The smallest absolute Gasteiger partial charge is 0.333 e. The van der Waals surface area contributed by atoms with Gasteiger partial charge in [-0.3, -0.25) is 0 Å². The summed E-state index contributed by atoms with van der Waals surface area (Å²) in [5.41, 5.74) is 4.56. The van der Waals surface area contributed by atoms with Crippen molar-refractivity contribution in [3.8, 4) is 0 Å². The highest BCUT2D eigenvalue weighted by atomic mass is 16.5. The number of carboxylic acids is 1. The molecule has 16 heavy (non-hydrogen) atoms. The van der Waals surface area contributed by atoms with Gasteiger partial charge in [-0.2, -0.15) is 0 Å². The quantitative estimate of drug-likeness (QED) is 0.850. The van der Waals surface area contributed by atoms with Crippen LogP contribution in [0.2, 0.25) is 0 Å². The van der Waals surface area contributed by atoms with E-state index < -0.39 is 12.1 Å². The summed E-state index contributed by atoms with van der Waals surface area (Å²) in [4.78, 5) is 10.9. The maximum Gasteiger partial charge on any atom is 0.333 e. The minimum absolute atomic E-state index is 0.415. The number of aliphatic carboxylic acids is 1. The third kappa shape index (κ3) is 2.83. The third-order valence-electron chi connectivity index (χ3n) is 2.92. The molecule has 0 aliphatic rings. The van der Waals surface area contributed by atoms with E-state index in [1.54, 1.807) is 0 Å². The summed E-state index contributed by atoms with van der Waals surface area (Å²) in [5, 5.41) is 8.92. The fourth-order valence-electron chi connectivity index (χ4n) is 1.71. The van der Waals surface area contributed by atoms with Crippen LogP contribution in [0.1, 0.15) is 22.3 Å². The van der Waals surface area contributed by atoms with Crippen LogP contribution in [0, 0.1) is 20.8 Å². The molecule has 0 heterocycles. The second-order valence-electron chi connectivity index (χ2n) is 4.13. The van der Waals surface area contributed by atoms with Crippen molar-refractivity contribution in [2.24, 2.45) is 0 Å². The van der Waals surface area contributed by atoms with E-state index in [1.165, 1.54) is 18.2 Å². The van der Waals surface area contributed by atoms with E-state index in [1.807, 2.05) is 19.9 Å². The van der Waals surface area contributed by atoms with E-state index in [0.29, 0.717) is 6.42 Å². The maximum absolute atomic E-state index is 10.9. The highest BCUT2D eigenvalue weighted by Crippen LogP contribution is 2.17. The molecule has 0 aliphatic heterocycles. The predicted molar refractivity (Wildman–Crippen MR) is 62.8 cm³/mol. The van der Waals surface area contributed by atoms with E-state index in [-0.39, 0.29) is 0 Å². The van der Waals surface area contributed by atoms with E-state index in [9.17, 15) is 4.79 Å². The molecule has 1 N–H and O–H groups in total. The van der Waals surface area contributed by atoms with Crippen LogP contribution in [0.15, 0.2) is 12.1 Å². The first-order valence-corrected chi connectivity index (χ1v) is 5.28. The zero-order chi connectivity index (χ0) is 12.3. The number of benzene rings is 1. The summed E-state index contributed by atoms with van der Waals surface area (Å²) in [6.45, 7) is 6.08. The molecule has 3 nitrogen and oxygen atoms in total. The average Bonchev–Trinajstić information content (AvgIpc) is 2.21. The maximum atomic E-state index is 10.9. The van der Waals surface area contributed by atoms with Crippen molar-refractivity contribution in [2.45, 2.75) is 33.3 Å².